The van der Waals surface area contributed by atoms with Gasteiger partial charge in [0.2, 0.25) is 0 Å². The summed E-state index contributed by atoms with van der Waals surface area (Å²) in [5, 5.41) is 17.9. The number of nitrogens with one attached hydrogen (secondary N) is 1. The van der Waals surface area contributed by atoms with E-state index in [2.05, 4.69) is 25.7 Å². The number of aromatic nitrogens is 6. The first-order valence-corrected chi connectivity index (χ1v) is 9.99. The van der Waals surface area contributed by atoms with Crippen LogP contribution in [0, 0.1) is 11.8 Å². The molecule has 3 heterocycles. The minimum Gasteiger partial charge on any atom is -0.345 e. The summed E-state index contributed by atoms with van der Waals surface area (Å²) in [5.41, 5.74) is 0.231. The fourth-order valence-corrected chi connectivity index (χ4v) is 6.82. The fraction of sp³-hybridized carbons (Fsp3) is 0.588. The molecule has 0 spiro atoms. The van der Waals surface area contributed by atoms with Gasteiger partial charge in [0.25, 0.3) is 5.91 Å². The molecule has 1 N–H and O–H groups in total. The number of thiazole rings is 1. The number of hydrogen-bond donors (Lipinski definition) is 1. The average Bonchev–Trinajstić information content (AvgIpc) is 3.30. The maximum absolute atomic E-state index is 13.0. The molecule has 7 rings (SSSR count). The standard InChI is InChI=1S/C17H19N7OS/c25-14(13-8-23-1-2-26-15(23)20-13)21-16-4-11-3-12(5-16)7-17(6-11,9-16)24-19-10-18-22-24/h1-2,8,10-12H,3-7,9H2,(H,21,25)/t11-,12-,16?,17?/m1/s1. The van der Waals surface area contributed by atoms with Gasteiger partial charge in [0, 0.05) is 23.3 Å². The van der Waals surface area contributed by atoms with E-state index in [0.717, 1.165) is 37.1 Å². The molecular formula is C17H19N7OS. The topological polar surface area (TPSA) is 90.0 Å². The molecule has 0 saturated heterocycles. The van der Waals surface area contributed by atoms with Crippen molar-refractivity contribution in [2.24, 2.45) is 11.8 Å². The zero-order chi connectivity index (χ0) is 17.4. The molecule has 3 aromatic heterocycles. The van der Waals surface area contributed by atoms with Crippen LogP contribution in [0.1, 0.15) is 49.0 Å². The predicted molar refractivity (Wildman–Crippen MR) is 93.7 cm³/mol. The van der Waals surface area contributed by atoms with Crippen molar-refractivity contribution >= 4 is 22.2 Å². The van der Waals surface area contributed by atoms with E-state index in [1.54, 1.807) is 0 Å². The summed E-state index contributed by atoms with van der Waals surface area (Å²) < 4.78 is 1.90. The predicted octanol–water partition coefficient (Wildman–Crippen LogP) is 1.86. The van der Waals surface area contributed by atoms with Gasteiger partial charge in [-0.15, -0.1) is 21.5 Å². The number of rotatable bonds is 3. The van der Waals surface area contributed by atoms with E-state index in [1.165, 1.54) is 24.1 Å². The Hall–Kier alpha value is -2.29. The number of tetrazole rings is 1. The number of amides is 1. The van der Waals surface area contributed by atoms with Crippen molar-refractivity contribution in [1.82, 2.24) is 34.9 Å². The monoisotopic (exact) mass is 369 g/mol. The molecule has 1 amide bonds. The second-order valence-corrected chi connectivity index (χ2v) is 9.24. The SMILES string of the molecule is O=C(NC12C[C@H]3C[C@H](C1)CC(n1ncnn1)(C3)C2)c1cn2ccsc2n1. The average molecular weight is 369 g/mol. The van der Waals surface area contributed by atoms with Gasteiger partial charge in [0.15, 0.2) is 11.3 Å². The van der Waals surface area contributed by atoms with Gasteiger partial charge in [0.05, 0.1) is 5.54 Å². The molecule has 4 aliphatic rings. The number of fused-ring (bicyclic) bond motifs is 1. The Balaban J connectivity index is 1.33. The summed E-state index contributed by atoms with van der Waals surface area (Å²) >= 11 is 1.54. The third kappa shape index (κ3) is 2.03. The summed E-state index contributed by atoms with van der Waals surface area (Å²) in [6.45, 7) is 0. The van der Waals surface area contributed by atoms with E-state index in [4.69, 9.17) is 0 Å². The van der Waals surface area contributed by atoms with Crippen LogP contribution >= 0.6 is 11.3 Å². The van der Waals surface area contributed by atoms with Crippen molar-refractivity contribution in [2.75, 3.05) is 0 Å². The molecule has 0 aromatic carbocycles. The van der Waals surface area contributed by atoms with Crippen molar-refractivity contribution in [3.63, 3.8) is 0 Å². The van der Waals surface area contributed by atoms with Crippen molar-refractivity contribution in [2.45, 2.75) is 49.6 Å². The molecule has 26 heavy (non-hydrogen) atoms. The first-order valence-electron chi connectivity index (χ1n) is 9.11. The first-order chi connectivity index (χ1) is 12.6. The number of carbonyl (C=O) groups is 1. The lowest BCUT2D eigenvalue weighted by atomic mass is 9.50. The summed E-state index contributed by atoms with van der Waals surface area (Å²) in [5.74, 6) is 1.17. The van der Waals surface area contributed by atoms with Crippen LogP contribution in [-0.2, 0) is 5.54 Å². The fourth-order valence-electron chi connectivity index (χ4n) is 6.12. The van der Waals surface area contributed by atoms with Gasteiger partial charge in [-0.3, -0.25) is 9.20 Å². The van der Waals surface area contributed by atoms with Gasteiger partial charge in [-0.05, 0) is 55.6 Å². The molecule has 0 aliphatic heterocycles. The Bertz CT molecular complexity index is 948. The van der Waals surface area contributed by atoms with Gasteiger partial charge < -0.3 is 5.32 Å². The Labute approximate surface area is 153 Å². The van der Waals surface area contributed by atoms with E-state index in [0.29, 0.717) is 17.5 Å². The smallest absolute Gasteiger partial charge is 0.271 e. The molecule has 134 valence electrons. The minimum absolute atomic E-state index is 0.0652. The molecule has 9 heteroatoms. The quantitative estimate of drug-likeness (QED) is 0.761. The molecule has 4 bridgehead atoms. The molecular weight excluding hydrogens is 350 g/mol. The lowest BCUT2D eigenvalue weighted by Gasteiger charge is -2.61. The summed E-state index contributed by atoms with van der Waals surface area (Å²) in [7, 11) is 0. The molecule has 8 nitrogen and oxygen atoms in total. The highest BCUT2D eigenvalue weighted by Crippen LogP contribution is 2.60. The number of nitrogens with zero attached hydrogens (tertiary/aromatic N) is 6. The number of imidazole rings is 1. The van der Waals surface area contributed by atoms with Crippen molar-refractivity contribution in [1.29, 1.82) is 0 Å². The normalized spacial score (nSPS) is 35.2. The van der Waals surface area contributed by atoms with E-state index in [-0.39, 0.29) is 17.0 Å². The van der Waals surface area contributed by atoms with Crippen LogP contribution in [0.15, 0.2) is 24.1 Å². The van der Waals surface area contributed by atoms with Gasteiger partial charge >= 0.3 is 0 Å². The molecule has 4 saturated carbocycles. The van der Waals surface area contributed by atoms with E-state index < -0.39 is 0 Å². The zero-order valence-electron chi connectivity index (χ0n) is 14.2. The van der Waals surface area contributed by atoms with Crippen molar-refractivity contribution in [3.8, 4) is 0 Å². The molecule has 3 aromatic rings. The van der Waals surface area contributed by atoms with Crippen molar-refractivity contribution < 1.29 is 4.79 Å². The van der Waals surface area contributed by atoms with Crippen LogP contribution in [0.2, 0.25) is 0 Å². The lowest BCUT2D eigenvalue weighted by Crippen LogP contribution is -2.66. The molecule has 0 radical (unpaired) electrons. The van der Waals surface area contributed by atoms with Crippen LogP contribution in [0.4, 0.5) is 0 Å². The maximum atomic E-state index is 13.0. The van der Waals surface area contributed by atoms with Crippen LogP contribution in [-0.4, -0.2) is 41.0 Å². The van der Waals surface area contributed by atoms with Crippen LogP contribution in [0.5, 0.6) is 0 Å². The van der Waals surface area contributed by atoms with E-state index in [9.17, 15) is 4.79 Å². The molecule has 2 atom stereocenters. The second-order valence-electron chi connectivity index (χ2n) is 8.36. The van der Waals surface area contributed by atoms with Gasteiger partial charge in [-0.1, -0.05) is 0 Å². The van der Waals surface area contributed by atoms with Gasteiger partial charge in [0.1, 0.15) is 5.69 Å². The molecule has 4 fully saturated rings. The molecule has 4 aliphatic carbocycles. The van der Waals surface area contributed by atoms with Gasteiger partial charge in [-0.25, -0.2) is 4.98 Å². The van der Waals surface area contributed by atoms with Crippen LogP contribution < -0.4 is 5.32 Å². The second kappa shape index (κ2) is 4.91. The van der Waals surface area contributed by atoms with Crippen LogP contribution in [0.3, 0.4) is 0 Å². The summed E-state index contributed by atoms with van der Waals surface area (Å²) in [6, 6.07) is 0. The highest BCUT2D eigenvalue weighted by atomic mass is 32.1. The summed E-state index contributed by atoms with van der Waals surface area (Å²) in [4.78, 5) is 20.1. The maximum Gasteiger partial charge on any atom is 0.271 e. The Morgan fingerprint density at radius 2 is 2.12 bits per heavy atom. The number of carbonyl (C=O) groups excluding carboxylic acids is 1. The summed E-state index contributed by atoms with van der Waals surface area (Å²) in [6.07, 6.45) is 11.7. The first kappa shape index (κ1) is 14.8. The van der Waals surface area contributed by atoms with Crippen molar-refractivity contribution in [3.05, 3.63) is 29.8 Å². The zero-order valence-corrected chi connectivity index (χ0v) is 15.0. The Morgan fingerprint density at radius 3 is 2.85 bits per heavy atom. The third-order valence-electron chi connectivity index (χ3n) is 6.51. The van der Waals surface area contributed by atoms with Gasteiger partial charge in [-0.2, -0.15) is 4.80 Å². The minimum atomic E-state index is -0.175. The largest absolute Gasteiger partial charge is 0.345 e. The highest BCUT2D eigenvalue weighted by Gasteiger charge is 2.60. The van der Waals surface area contributed by atoms with E-state index in [1.807, 2.05) is 27.0 Å². The lowest BCUT2D eigenvalue weighted by molar-refractivity contribution is -0.0810. The van der Waals surface area contributed by atoms with E-state index >= 15 is 0 Å². The molecule has 0 unspecified atom stereocenters. The van der Waals surface area contributed by atoms with Crippen LogP contribution in [0.25, 0.3) is 4.96 Å². The number of hydrogen-bond acceptors (Lipinski definition) is 6. The Morgan fingerprint density at radius 1 is 1.27 bits per heavy atom. The Kier molecular flexibility index (Phi) is 2.80. The highest BCUT2D eigenvalue weighted by molar-refractivity contribution is 7.15. The third-order valence-corrected chi connectivity index (χ3v) is 7.28.